The van der Waals surface area contributed by atoms with Crippen molar-refractivity contribution in [1.82, 2.24) is 0 Å². The molecule has 0 saturated heterocycles. The van der Waals surface area contributed by atoms with Crippen LogP contribution in [-0.4, -0.2) is 11.1 Å². The van der Waals surface area contributed by atoms with E-state index in [1.54, 1.807) is 23.1 Å². The molecule has 0 spiro atoms. The van der Waals surface area contributed by atoms with Gasteiger partial charge in [0.15, 0.2) is 5.17 Å². The summed E-state index contributed by atoms with van der Waals surface area (Å²) in [6.07, 6.45) is 1.78. The van der Waals surface area contributed by atoms with Gasteiger partial charge in [-0.05, 0) is 54.0 Å². The van der Waals surface area contributed by atoms with Crippen molar-refractivity contribution < 1.29 is 9.18 Å². The molecule has 1 aliphatic rings. The lowest BCUT2D eigenvalue weighted by molar-refractivity contribution is -0.113. The highest BCUT2D eigenvalue weighted by molar-refractivity contribution is 8.13. The summed E-state index contributed by atoms with van der Waals surface area (Å²) in [5.74, 6) is 0.133. The van der Waals surface area contributed by atoms with Gasteiger partial charge in [-0.15, -0.1) is 0 Å². The number of hydrogen-bond acceptors (Lipinski definition) is 3. The maximum atomic E-state index is 13.4. The topological polar surface area (TPSA) is 32.7 Å². The van der Waals surface area contributed by atoms with Crippen molar-refractivity contribution in [2.24, 2.45) is 4.99 Å². The van der Waals surface area contributed by atoms with Gasteiger partial charge in [0, 0.05) is 5.75 Å². The third kappa shape index (κ3) is 4.30. The summed E-state index contributed by atoms with van der Waals surface area (Å²) >= 11 is 1.50. The maximum absolute atomic E-state index is 13.4. The Morgan fingerprint density at radius 2 is 1.66 bits per heavy atom. The molecule has 0 saturated carbocycles. The van der Waals surface area contributed by atoms with Crippen molar-refractivity contribution in [3.8, 4) is 0 Å². The van der Waals surface area contributed by atoms with E-state index in [2.05, 4.69) is 24.0 Å². The molecule has 3 aromatic carbocycles. The van der Waals surface area contributed by atoms with E-state index in [-0.39, 0.29) is 11.7 Å². The van der Waals surface area contributed by atoms with Crippen LogP contribution in [-0.2, 0) is 10.5 Å². The smallest absolute Gasteiger partial charge is 0.266 e. The molecule has 0 aliphatic carbocycles. The van der Waals surface area contributed by atoms with Gasteiger partial charge >= 0.3 is 0 Å². The Bertz CT molecular complexity index is 1090. The molecule has 1 aliphatic heterocycles. The highest BCUT2D eigenvalue weighted by Gasteiger charge is 2.32. The fraction of sp³-hybridized carbons (Fsp3) is 0.0833. The van der Waals surface area contributed by atoms with Gasteiger partial charge in [0.25, 0.3) is 5.91 Å². The van der Waals surface area contributed by atoms with Crippen LogP contribution in [0.2, 0.25) is 0 Å². The number of halogens is 1. The Balaban J connectivity index is 1.67. The fourth-order valence-corrected chi connectivity index (χ4v) is 4.12. The first-order valence-corrected chi connectivity index (χ1v) is 10.2. The molecule has 0 radical (unpaired) electrons. The third-order valence-corrected chi connectivity index (χ3v) is 5.62. The van der Waals surface area contributed by atoms with Crippen molar-refractivity contribution >= 4 is 34.6 Å². The number of amides is 1. The summed E-state index contributed by atoms with van der Waals surface area (Å²) in [6, 6.07) is 23.7. The average Bonchev–Trinajstić information content (AvgIpc) is 3.04. The number of thioether (sulfide) groups is 1. The monoisotopic (exact) mass is 402 g/mol. The quantitative estimate of drug-likeness (QED) is 0.516. The first kappa shape index (κ1) is 19.2. The van der Waals surface area contributed by atoms with Crippen LogP contribution in [0.5, 0.6) is 0 Å². The zero-order valence-corrected chi connectivity index (χ0v) is 16.7. The zero-order chi connectivity index (χ0) is 20.2. The molecule has 0 bridgehead atoms. The van der Waals surface area contributed by atoms with Gasteiger partial charge in [0.05, 0.1) is 5.69 Å². The second-order valence-corrected chi connectivity index (χ2v) is 7.61. The molecule has 0 N–H and O–H groups in total. The zero-order valence-electron chi connectivity index (χ0n) is 15.9. The summed E-state index contributed by atoms with van der Waals surface area (Å²) in [6.45, 7) is 2.07. The molecule has 0 unspecified atom stereocenters. The number of aliphatic imine (C=N–C) groups is 1. The van der Waals surface area contributed by atoms with Crippen molar-refractivity contribution in [2.45, 2.75) is 12.7 Å². The average molecular weight is 402 g/mol. The van der Waals surface area contributed by atoms with Crippen LogP contribution >= 0.6 is 11.8 Å². The van der Waals surface area contributed by atoms with Gasteiger partial charge < -0.3 is 0 Å². The van der Waals surface area contributed by atoms with Gasteiger partial charge in [0.1, 0.15) is 11.5 Å². The molecule has 3 nitrogen and oxygen atoms in total. The summed E-state index contributed by atoms with van der Waals surface area (Å²) in [5, 5.41) is 0.590. The Labute approximate surface area is 173 Å². The molecule has 29 heavy (non-hydrogen) atoms. The van der Waals surface area contributed by atoms with Gasteiger partial charge in [-0.3, -0.25) is 9.69 Å². The van der Waals surface area contributed by atoms with E-state index in [1.165, 1.54) is 35.0 Å². The maximum Gasteiger partial charge on any atom is 0.283 e. The van der Waals surface area contributed by atoms with Gasteiger partial charge in [-0.25, -0.2) is 9.38 Å². The molecule has 0 aromatic heterocycles. The minimum absolute atomic E-state index is 0.215. The molecule has 5 heteroatoms. The summed E-state index contributed by atoms with van der Waals surface area (Å²) in [7, 11) is 0. The van der Waals surface area contributed by atoms with Crippen LogP contribution in [0.1, 0.15) is 16.7 Å². The molecule has 4 rings (SSSR count). The number of benzene rings is 3. The van der Waals surface area contributed by atoms with Crippen LogP contribution in [0.4, 0.5) is 10.1 Å². The van der Waals surface area contributed by atoms with E-state index >= 15 is 0 Å². The predicted octanol–water partition coefficient (Wildman–Crippen LogP) is 5.81. The van der Waals surface area contributed by atoms with E-state index < -0.39 is 0 Å². The molecular weight excluding hydrogens is 383 g/mol. The number of rotatable bonds is 4. The summed E-state index contributed by atoms with van der Waals surface area (Å²) in [5.41, 5.74) is 4.26. The lowest BCUT2D eigenvalue weighted by Gasteiger charge is -2.18. The van der Waals surface area contributed by atoms with Crippen molar-refractivity contribution in [3.05, 3.63) is 107 Å². The normalized spacial score (nSPS) is 15.1. The standard InChI is InChI=1S/C24H19FN2OS/c1-17-7-5-6-10-19(17)16-29-24-26-22(15-18-8-3-2-4-9-18)23(28)27(24)21-13-11-20(25)12-14-21/h2-15H,16H2,1H3/b22-15-. The SMILES string of the molecule is Cc1ccccc1CSC1=N/C(=C\c2ccccc2)C(=O)N1c1ccc(F)cc1. The van der Waals surface area contributed by atoms with Crippen LogP contribution < -0.4 is 4.90 Å². The Morgan fingerprint density at radius 3 is 2.38 bits per heavy atom. The number of amidine groups is 1. The first-order chi connectivity index (χ1) is 14.1. The Morgan fingerprint density at radius 1 is 0.966 bits per heavy atom. The number of aryl methyl sites for hydroxylation is 1. The largest absolute Gasteiger partial charge is 0.283 e. The second kappa shape index (κ2) is 8.45. The molecule has 1 heterocycles. The fourth-order valence-electron chi connectivity index (χ4n) is 3.03. The lowest BCUT2D eigenvalue weighted by atomic mass is 10.1. The van der Waals surface area contributed by atoms with Crippen LogP contribution in [0.15, 0.2) is 89.6 Å². The van der Waals surface area contributed by atoms with Crippen molar-refractivity contribution in [3.63, 3.8) is 0 Å². The van der Waals surface area contributed by atoms with E-state index in [1.807, 2.05) is 42.5 Å². The molecular formula is C24H19FN2OS. The van der Waals surface area contributed by atoms with Crippen LogP contribution in [0.3, 0.4) is 0 Å². The van der Waals surface area contributed by atoms with Gasteiger partial charge in [-0.2, -0.15) is 0 Å². The number of nitrogens with zero attached hydrogens (tertiary/aromatic N) is 2. The van der Waals surface area contributed by atoms with Crippen LogP contribution in [0.25, 0.3) is 6.08 Å². The Hall–Kier alpha value is -3.18. The first-order valence-electron chi connectivity index (χ1n) is 9.24. The lowest BCUT2D eigenvalue weighted by Crippen LogP contribution is -2.30. The van der Waals surface area contributed by atoms with E-state index in [0.717, 1.165) is 5.56 Å². The third-order valence-electron chi connectivity index (χ3n) is 4.64. The van der Waals surface area contributed by atoms with Gasteiger partial charge in [-0.1, -0.05) is 66.4 Å². The minimum atomic E-state index is -0.341. The molecule has 0 atom stereocenters. The number of carbonyl (C=O) groups excluding carboxylic acids is 1. The van der Waals surface area contributed by atoms with E-state index in [0.29, 0.717) is 22.3 Å². The second-order valence-electron chi connectivity index (χ2n) is 6.67. The summed E-state index contributed by atoms with van der Waals surface area (Å²) in [4.78, 5) is 19.3. The van der Waals surface area contributed by atoms with Gasteiger partial charge in [0.2, 0.25) is 0 Å². The highest BCUT2D eigenvalue weighted by Crippen LogP contribution is 2.31. The highest BCUT2D eigenvalue weighted by atomic mass is 32.2. The summed E-state index contributed by atoms with van der Waals surface area (Å²) < 4.78 is 13.4. The van der Waals surface area contributed by atoms with E-state index in [4.69, 9.17) is 0 Å². The molecule has 3 aromatic rings. The number of anilines is 1. The van der Waals surface area contributed by atoms with Crippen molar-refractivity contribution in [2.75, 3.05) is 4.90 Å². The molecule has 144 valence electrons. The Kier molecular flexibility index (Phi) is 5.58. The predicted molar refractivity (Wildman–Crippen MR) is 118 cm³/mol. The minimum Gasteiger partial charge on any atom is -0.266 e. The van der Waals surface area contributed by atoms with Crippen molar-refractivity contribution in [1.29, 1.82) is 0 Å². The van der Waals surface area contributed by atoms with E-state index in [9.17, 15) is 9.18 Å². The van der Waals surface area contributed by atoms with Crippen LogP contribution in [0, 0.1) is 12.7 Å². The molecule has 1 amide bonds. The number of carbonyl (C=O) groups is 1. The number of hydrogen-bond donors (Lipinski definition) is 0. The molecule has 0 fully saturated rings.